The third-order valence-electron chi connectivity index (χ3n) is 0.998. The fraction of sp³-hybridized carbons (Fsp3) is 0. The third kappa shape index (κ3) is 2.91. The first-order valence-electron chi connectivity index (χ1n) is 2.69. The Balaban J connectivity index is 0.000001000. The van der Waals surface area contributed by atoms with Gasteiger partial charge in [-0.05, 0) is 24.3 Å². The summed E-state index contributed by atoms with van der Waals surface area (Å²) in [4.78, 5) is 9.74. The molecule has 0 aliphatic carbocycles. The topological polar surface area (TPSA) is 26.3 Å². The van der Waals surface area contributed by atoms with E-state index in [1.807, 2.05) is 0 Å². The van der Waals surface area contributed by atoms with E-state index < -0.39 is 0 Å². The van der Waals surface area contributed by atoms with Crippen LogP contribution in [0.1, 0.15) is 0 Å². The zero-order valence-corrected chi connectivity index (χ0v) is 5.08. The molecule has 0 aliphatic rings. The van der Waals surface area contributed by atoms with Crippen LogP contribution in [-0.2, 0) is 4.79 Å². The normalized spacial score (nSPS) is 8.09. The average molecular weight is 151 g/mol. The third-order valence-corrected chi connectivity index (χ3v) is 0.998. The summed E-state index contributed by atoms with van der Waals surface area (Å²) < 4.78 is 16.6. The van der Waals surface area contributed by atoms with Gasteiger partial charge >= 0.3 is 10.1 Å². The monoisotopic (exact) mass is 151 g/mol. The second-order valence-electron chi connectivity index (χ2n) is 1.67. The van der Waals surface area contributed by atoms with Crippen LogP contribution in [0, 0.1) is 5.82 Å². The number of rotatable bonds is 2. The van der Waals surface area contributed by atoms with Gasteiger partial charge in [0.1, 0.15) is 11.6 Å². The van der Waals surface area contributed by atoms with Gasteiger partial charge in [0.25, 0.3) is 6.47 Å². The summed E-state index contributed by atoms with van der Waals surface area (Å²) in [7, 11) is 0. The predicted octanol–water partition coefficient (Wildman–Crippen LogP) is 0.445. The van der Waals surface area contributed by atoms with Gasteiger partial charge in [0.2, 0.25) is 0 Å². The van der Waals surface area contributed by atoms with Crippen LogP contribution in [-0.4, -0.2) is 16.6 Å². The van der Waals surface area contributed by atoms with Gasteiger partial charge in [0.15, 0.2) is 0 Å². The van der Waals surface area contributed by atoms with Crippen molar-refractivity contribution in [3.8, 4) is 5.75 Å². The van der Waals surface area contributed by atoms with Crippen molar-refractivity contribution in [1.82, 2.24) is 0 Å². The SMILES string of the molecule is O=COc1ccc(F)cc1.[BeH2]. The maximum atomic E-state index is 12.2. The van der Waals surface area contributed by atoms with E-state index in [9.17, 15) is 9.18 Å². The van der Waals surface area contributed by atoms with Crippen molar-refractivity contribution in [1.29, 1.82) is 0 Å². The van der Waals surface area contributed by atoms with Gasteiger partial charge in [-0.3, -0.25) is 4.79 Å². The standard InChI is InChI=1S/C7H5FO2.Be.2H/c8-6-1-3-7(4-2-6)10-5-9;;;/h1-5H;;;. The van der Waals surface area contributed by atoms with E-state index >= 15 is 0 Å². The van der Waals surface area contributed by atoms with Crippen LogP contribution in [0.3, 0.4) is 0 Å². The molecule has 0 amide bonds. The van der Waals surface area contributed by atoms with Gasteiger partial charge in [-0.25, -0.2) is 4.39 Å². The Morgan fingerprint density at radius 2 is 1.82 bits per heavy atom. The molecule has 0 N–H and O–H groups in total. The van der Waals surface area contributed by atoms with Crippen LogP contribution in [0.2, 0.25) is 0 Å². The second-order valence-corrected chi connectivity index (χ2v) is 1.67. The molecule has 0 saturated heterocycles. The van der Waals surface area contributed by atoms with Gasteiger partial charge in [0, 0.05) is 0 Å². The summed E-state index contributed by atoms with van der Waals surface area (Å²) in [5.74, 6) is -0.00495. The number of carbonyl (C=O) groups excluding carboxylic acids is 1. The average Bonchev–Trinajstić information content (AvgIpc) is 1.95. The molecule has 0 radical (unpaired) electrons. The number of halogens is 1. The second kappa shape index (κ2) is 4.58. The van der Waals surface area contributed by atoms with Crippen molar-refractivity contribution in [3.63, 3.8) is 0 Å². The van der Waals surface area contributed by atoms with Crippen molar-refractivity contribution in [3.05, 3.63) is 30.1 Å². The van der Waals surface area contributed by atoms with E-state index in [1.165, 1.54) is 24.3 Å². The van der Waals surface area contributed by atoms with Crippen LogP contribution in [0.15, 0.2) is 24.3 Å². The molecule has 0 spiro atoms. The molecule has 11 heavy (non-hydrogen) atoms. The van der Waals surface area contributed by atoms with Gasteiger partial charge in [0.05, 0.1) is 0 Å². The molecule has 56 valence electrons. The molecule has 0 saturated carbocycles. The summed E-state index contributed by atoms with van der Waals surface area (Å²) >= 11 is 0. The molecule has 1 aromatic carbocycles. The Labute approximate surface area is 67.2 Å². The Hall–Kier alpha value is -1.21. The zero-order valence-electron chi connectivity index (χ0n) is 5.08. The summed E-state index contributed by atoms with van der Waals surface area (Å²) in [5, 5.41) is 0. The maximum absolute atomic E-state index is 12.2. The van der Waals surface area contributed by atoms with Gasteiger partial charge in [-0.15, -0.1) is 0 Å². The van der Waals surface area contributed by atoms with E-state index in [-0.39, 0.29) is 15.9 Å². The van der Waals surface area contributed by atoms with Crippen LogP contribution in [0.4, 0.5) is 4.39 Å². The summed E-state index contributed by atoms with van der Waals surface area (Å²) in [6.07, 6.45) is 0. The number of carbonyl (C=O) groups is 1. The van der Waals surface area contributed by atoms with Gasteiger partial charge in [-0.1, -0.05) is 0 Å². The van der Waals surface area contributed by atoms with Crippen LogP contribution in [0.5, 0.6) is 5.75 Å². The van der Waals surface area contributed by atoms with Crippen molar-refractivity contribution < 1.29 is 13.9 Å². The molecule has 0 unspecified atom stereocenters. The predicted molar refractivity (Wildman–Crippen MR) is 41.6 cm³/mol. The molecular formula is C7H7BeFO2. The molecule has 0 atom stereocenters. The summed E-state index contributed by atoms with van der Waals surface area (Å²) in [5.41, 5.74) is 0. The van der Waals surface area contributed by atoms with E-state index in [0.29, 0.717) is 12.2 Å². The van der Waals surface area contributed by atoms with E-state index in [2.05, 4.69) is 4.74 Å². The molecule has 1 rings (SSSR count). The van der Waals surface area contributed by atoms with Crippen molar-refractivity contribution in [2.24, 2.45) is 0 Å². The Bertz CT molecular complexity index is 222. The molecule has 0 fully saturated rings. The first-order valence-corrected chi connectivity index (χ1v) is 2.69. The fourth-order valence-corrected chi connectivity index (χ4v) is 0.569. The molecule has 0 aliphatic heterocycles. The Kier molecular flexibility index (Phi) is 4.08. The Morgan fingerprint density at radius 3 is 2.27 bits per heavy atom. The molecular weight excluding hydrogens is 144 g/mol. The number of ether oxygens (including phenoxy) is 1. The minimum atomic E-state index is -0.349. The summed E-state index contributed by atoms with van der Waals surface area (Å²) in [6, 6.07) is 5.20. The number of benzene rings is 1. The van der Waals surface area contributed by atoms with E-state index in [0.717, 1.165) is 0 Å². The number of hydrogen-bond donors (Lipinski definition) is 0. The molecule has 0 bridgehead atoms. The van der Waals surface area contributed by atoms with Gasteiger partial charge in [-0.2, -0.15) is 0 Å². The molecule has 4 heteroatoms. The van der Waals surface area contributed by atoms with Crippen LogP contribution < -0.4 is 4.74 Å². The van der Waals surface area contributed by atoms with Gasteiger partial charge < -0.3 is 4.74 Å². The summed E-state index contributed by atoms with van der Waals surface area (Å²) in [6.45, 7) is 0.299. The molecule has 0 heterocycles. The van der Waals surface area contributed by atoms with E-state index in [1.54, 1.807) is 0 Å². The molecule has 2 nitrogen and oxygen atoms in total. The van der Waals surface area contributed by atoms with Crippen molar-refractivity contribution in [2.75, 3.05) is 0 Å². The first kappa shape index (κ1) is 9.79. The zero-order chi connectivity index (χ0) is 7.40. The minimum absolute atomic E-state index is 0. The quantitative estimate of drug-likeness (QED) is 0.453. The van der Waals surface area contributed by atoms with Crippen LogP contribution in [0.25, 0.3) is 0 Å². The first-order chi connectivity index (χ1) is 4.83. The van der Waals surface area contributed by atoms with Crippen molar-refractivity contribution >= 4 is 16.6 Å². The molecule has 1 aromatic rings. The fourth-order valence-electron chi connectivity index (χ4n) is 0.569. The number of hydrogen-bond acceptors (Lipinski definition) is 2. The van der Waals surface area contributed by atoms with E-state index in [4.69, 9.17) is 0 Å². The Morgan fingerprint density at radius 1 is 1.27 bits per heavy atom. The van der Waals surface area contributed by atoms with Crippen LogP contribution >= 0.6 is 0 Å². The van der Waals surface area contributed by atoms with Crippen molar-refractivity contribution in [2.45, 2.75) is 0 Å². The molecule has 0 aromatic heterocycles.